The Morgan fingerprint density at radius 3 is 2.85 bits per heavy atom. The highest BCUT2D eigenvalue weighted by Crippen LogP contribution is 2.09. The maximum absolute atomic E-state index is 12.2. The predicted molar refractivity (Wildman–Crippen MR) is 78.8 cm³/mol. The second-order valence-corrected chi connectivity index (χ2v) is 5.27. The van der Waals surface area contributed by atoms with Gasteiger partial charge in [0, 0.05) is 12.6 Å². The number of nitrogens with zero attached hydrogens (tertiary/aromatic N) is 3. The van der Waals surface area contributed by atoms with Gasteiger partial charge in [-0.1, -0.05) is 6.92 Å². The molecule has 0 spiro atoms. The van der Waals surface area contributed by atoms with Crippen LogP contribution in [0.25, 0.3) is 0 Å². The molecule has 1 aliphatic rings. The number of hydrogen-bond donors (Lipinski definition) is 2. The molecule has 0 aromatic carbocycles. The molecule has 0 atom stereocenters. The minimum absolute atomic E-state index is 0.132. The molecule has 1 fully saturated rings. The zero-order chi connectivity index (χ0) is 14.4. The van der Waals surface area contributed by atoms with Crippen molar-refractivity contribution in [2.45, 2.75) is 32.2 Å². The van der Waals surface area contributed by atoms with Crippen LogP contribution in [-0.4, -0.2) is 53.5 Å². The van der Waals surface area contributed by atoms with Crippen molar-refractivity contribution >= 4 is 11.7 Å². The van der Waals surface area contributed by atoms with Gasteiger partial charge < -0.3 is 15.5 Å². The zero-order valence-corrected chi connectivity index (χ0v) is 12.2. The van der Waals surface area contributed by atoms with Crippen molar-refractivity contribution in [1.82, 2.24) is 20.2 Å². The molecule has 1 amide bonds. The molecule has 1 aromatic rings. The fourth-order valence-corrected chi connectivity index (χ4v) is 2.23. The van der Waals surface area contributed by atoms with E-state index in [1.165, 1.54) is 6.20 Å². The molecule has 0 saturated carbocycles. The number of anilines is 1. The van der Waals surface area contributed by atoms with Crippen molar-refractivity contribution in [3.05, 3.63) is 18.1 Å². The SMILES string of the molecule is CCCNc1cncc(C(=O)NC2CCN(C)CC2)n1. The summed E-state index contributed by atoms with van der Waals surface area (Å²) in [7, 11) is 2.10. The summed E-state index contributed by atoms with van der Waals surface area (Å²) in [5.74, 6) is 0.523. The van der Waals surface area contributed by atoms with Gasteiger partial charge in [-0.15, -0.1) is 0 Å². The first-order valence-electron chi connectivity index (χ1n) is 7.24. The first-order chi connectivity index (χ1) is 9.69. The molecular formula is C14H23N5O. The molecule has 6 nitrogen and oxygen atoms in total. The standard InChI is InChI=1S/C14H23N5O/c1-3-6-16-13-10-15-9-12(18-13)14(20)17-11-4-7-19(2)8-5-11/h9-11H,3-8H2,1-2H3,(H,16,18)(H,17,20). The van der Waals surface area contributed by atoms with E-state index in [1.54, 1.807) is 6.20 Å². The van der Waals surface area contributed by atoms with E-state index in [4.69, 9.17) is 0 Å². The summed E-state index contributed by atoms with van der Waals surface area (Å²) in [4.78, 5) is 22.8. The van der Waals surface area contributed by atoms with Gasteiger partial charge in [-0.2, -0.15) is 0 Å². The third-order valence-corrected chi connectivity index (χ3v) is 3.48. The molecule has 1 saturated heterocycles. The van der Waals surface area contributed by atoms with Gasteiger partial charge in [-0.05, 0) is 39.4 Å². The van der Waals surface area contributed by atoms with Gasteiger partial charge in [0.1, 0.15) is 11.5 Å². The van der Waals surface area contributed by atoms with Gasteiger partial charge >= 0.3 is 0 Å². The highest BCUT2D eigenvalue weighted by molar-refractivity contribution is 5.92. The summed E-state index contributed by atoms with van der Waals surface area (Å²) >= 11 is 0. The Balaban J connectivity index is 1.91. The maximum atomic E-state index is 12.2. The summed E-state index contributed by atoms with van der Waals surface area (Å²) in [5.41, 5.74) is 0.380. The van der Waals surface area contributed by atoms with E-state index in [1.807, 2.05) is 0 Å². The molecule has 0 aliphatic carbocycles. The number of piperidine rings is 1. The van der Waals surface area contributed by atoms with Gasteiger partial charge in [0.05, 0.1) is 12.4 Å². The number of carbonyl (C=O) groups excluding carboxylic acids is 1. The molecule has 2 N–H and O–H groups in total. The van der Waals surface area contributed by atoms with Gasteiger partial charge in [0.2, 0.25) is 0 Å². The van der Waals surface area contributed by atoms with E-state index >= 15 is 0 Å². The van der Waals surface area contributed by atoms with Gasteiger partial charge in [-0.3, -0.25) is 9.78 Å². The summed E-state index contributed by atoms with van der Waals surface area (Å²) < 4.78 is 0. The Morgan fingerprint density at radius 2 is 2.15 bits per heavy atom. The van der Waals surface area contributed by atoms with E-state index in [2.05, 4.69) is 39.5 Å². The van der Waals surface area contributed by atoms with Gasteiger partial charge in [0.25, 0.3) is 5.91 Å². The lowest BCUT2D eigenvalue weighted by molar-refractivity contribution is 0.0911. The Labute approximate surface area is 120 Å². The highest BCUT2D eigenvalue weighted by atomic mass is 16.1. The average Bonchev–Trinajstić information content (AvgIpc) is 2.48. The summed E-state index contributed by atoms with van der Waals surface area (Å²) in [5, 5.41) is 6.18. The number of hydrogen-bond acceptors (Lipinski definition) is 5. The number of nitrogens with one attached hydrogen (secondary N) is 2. The van der Waals surface area contributed by atoms with Crippen LogP contribution in [0, 0.1) is 0 Å². The van der Waals surface area contributed by atoms with E-state index in [0.29, 0.717) is 11.5 Å². The Kier molecular flexibility index (Phi) is 5.29. The van der Waals surface area contributed by atoms with E-state index in [-0.39, 0.29) is 11.9 Å². The summed E-state index contributed by atoms with van der Waals surface area (Å²) in [6, 6.07) is 0.243. The number of rotatable bonds is 5. The molecule has 0 unspecified atom stereocenters. The molecule has 1 aliphatic heterocycles. The molecule has 2 rings (SSSR count). The number of aromatic nitrogens is 2. The lowest BCUT2D eigenvalue weighted by atomic mass is 10.1. The van der Waals surface area contributed by atoms with E-state index < -0.39 is 0 Å². The lowest BCUT2D eigenvalue weighted by Gasteiger charge is -2.29. The van der Waals surface area contributed by atoms with Crippen LogP contribution in [0.15, 0.2) is 12.4 Å². The second-order valence-electron chi connectivity index (χ2n) is 5.27. The number of amides is 1. The third kappa shape index (κ3) is 4.16. The van der Waals surface area contributed by atoms with Crippen LogP contribution in [0.3, 0.4) is 0 Å². The molecular weight excluding hydrogens is 254 g/mol. The quantitative estimate of drug-likeness (QED) is 0.844. The van der Waals surface area contributed by atoms with Crippen LogP contribution < -0.4 is 10.6 Å². The zero-order valence-electron chi connectivity index (χ0n) is 12.2. The Hall–Kier alpha value is -1.69. The molecule has 110 valence electrons. The van der Waals surface area contributed by atoms with Crippen LogP contribution in [-0.2, 0) is 0 Å². The minimum Gasteiger partial charge on any atom is -0.369 e. The maximum Gasteiger partial charge on any atom is 0.271 e. The van der Waals surface area contributed by atoms with Crippen LogP contribution in [0.1, 0.15) is 36.7 Å². The Morgan fingerprint density at radius 1 is 1.40 bits per heavy atom. The predicted octanol–water partition coefficient (Wildman–Crippen LogP) is 1.12. The molecule has 20 heavy (non-hydrogen) atoms. The topological polar surface area (TPSA) is 70.2 Å². The monoisotopic (exact) mass is 277 g/mol. The van der Waals surface area contributed by atoms with Crippen molar-refractivity contribution in [1.29, 1.82) is 0 Å². The average molecular weight is 277 g/mol. The molecule has 1 aromatic heterocycles. The smallest absolute Gasteiger partial charge is 0.271 e. The van der Waals surface area contributed by atoms with Crippen LogP contribution in [0.4, 0.5) is 5.82 Å². The van der Waals surface area contributed by atoms with Gasteiger partial charge in [-0.25, -0.2) is 4.98 Å². The first kappa shape index (κ1) is 14.7. The second kappa shape index (κ2) is 7.19. The number of likely N-dealkylation sites (tertiary alicyclic amines) is 1. The highest BCUT2D eigenvalue weighted by Gasteiger charge is 2.19. The van der Waals surface area contributed by atoms with Crippen molar-refractivity contribution in [3.8, 4) is 0 Å². The van der Waals surface area contributed by atoms with E-state index in [0.717, 1.165) is 38.9 Å². The fourth-order valence-electron chi connectivity index (χ4n) is 2.23. The van der Waals surface area contributed by atoms with Crippen LogP contribution >= 0.6 is 0 Å². The van der Waals surface area contributed by atoms with E-state index in [9.17, 15) is 4.79 Å². The number of carbonyl (C=O) groups is 1. The molecule has 0 radical (unpaired) electrons. The molecule has 6 heteroatoms. The lowest BCUT2D eigenvalue weighted by Crippen LogP contribution is -2.43. The minimum atomic E-state index is -0.132. The van der Waals surface area contributed by atoms with Crippen LogP contribution in [0.2, 0.25) is 0 Å². The van der Waals surface area contributed by atoms with Crippen LogP contribution in [0.5, 0.6) is 0 Å². The fraction of sp³-hybridized carbons (Fsp3) is 0.643. The van der Waals surface area contributed by atoms with Crippen molar-refractivity contribution in [2.75, 3.05) is 32.0 Å². The first-order valence-corrected chi connectivity index (χ1v) is 7.24. The van der Waals surface area contributed by atoms with Gasteiger partial charge in [0.15, 0.2) is 0 Å². The largest absolute Gasteiger partial charge is 0.369 e. The van der Waals surface area contributed by atoms with Crippen molar-refractivity contribution < 1.29 is 4.79 Å². The summed E-state index contributed by atoms with van der Waals surface area (Å²) in [6.07, 6.45) is 6.14. The normalized spacial score (nSPS) is 16.9. The summed E-state index contributed by atoms with van der Waals surface area (Å²) in [6.45, 7) is 4.95. The third-order valence-electron chi connectivity index (χ3n) is 3.48. The van der Waals surface area contributed by atoms with Crippen molar-refractivity contribution in [3.63, 3.8) is 0 Å². The Bertz CT molecular complexity index is 443. The van der Waals surface area contributed by atoms with Crippen molar-refractivity contribution in [2.24, 2.45) is 0 Å². The molecule has 0 bridgehead atoms. The molecule has 2 heterocycles.